The average Bonchev–Trinajstić information content (AvgIpc) is 2.71. The molecule has 0 saturated carbocycles. The molecule has 0 aliphatic carbocycles. The molecule has 1 aliphatic rings. The summed E-state index contributed by atoms with van der Waals surface area (Å²) < 4.78 is 18.8. The van der Waals surface area contributed by atoms with Gasteiger partial charge in [-0.2, -0.15) is 0 Å². The van der Waals surface area contributed by atoms with Gasteiger partial charge >= 0.3 is 5.97 Å². The van der Waals surface area contributed by atoms with Gasteiger partial charge in [-0.15, -0.1) is 0 Å². The highest BCUT2D eigenvalue weighted by atomic mass is 16.5. The second-order valence-electron chi connectivity index (χ2n) is 4.07. The number of carbonyl (C=O) groups is 1. The third-order valence-electron chi connectivity index (χ3n) is 2.67. The molecule has 3 heteroatoms. The minimum atomic E-state index is -0.851. The Kier molecular flexibility index (Phi) is 4.09. The molecule has 1 aliphatic heterocycles. The average molecular weight is 226 g/mol. The molecule has 3 nitrogen and oxygen atoms in total. The Hall–Kier alpha value is -1.09. The summed E-state index contributed by atoms with van der Waals surface area (Å²) in [5.41, 5.74) is 0.164. The van der Waals surface area contributed by atoms with Crippen LogP contribution in [-0.2, 0) is 9.53 Å². The molecule has 1 atom stereocenters. The van der Waals surface area contributed by atoms with Crippen molar-refractivity contribution < 1.29 is 17.4 Å². The highest BCUT2D eigenvalue weighted by Gasteiger charge is 2.25. The van der Waals surface area contributed by atoms with Gasteiger partial charge in [-0.1, -0.05) is 45.6 Å². The minimum absolute atomic E-state index is 0.0833. The van der Waals surface area contributed by atoms with Crippen LogP contribution in [0.4, 0.5) is 0 Å². The van der Waals surface area contributed by atoms with E-state index in [1.807, 2.05) is 0 Å². The van der Waals surface area contributed by atoms with E-state index in [4.69, 9.17) is 7.48 Å². The molecule has 1 heterocycles. The van der Waals surface area contributed by atoms with Crippen molar-refractivity contribution in [1.29, 1.82) is 0 Å². The third-order valence-corrected chi connectivity index (χ3v) is 2.67. The SMILES string of the molecule is [2H]C([2H])=C1C=C([C@H](O)CCCCCCC)C(=O)O1. The van der Waals surface area contributed by atoms with Gasteiger partial charge in [0, 0.05) is 0 Å². The van der Waals surface area contributed by atoms with Crippen LogP contribution in [0.1, 0.15) is 48.2 Å². The predicted octanol–water partition coefficient (Wildman–Crippen LogP) is 2.70. The molecule has 0 spiro atoms. The number of hydrogen-bond acceptors (Lipinski definition) is 3. The first kappa shape index (κ1) is 10.1. The maximum Gasteiger partial charge on any atom is 0.342 e. The van der Waals surface area contributed by atoms with Gasteiger partial charge in [0.2, 0.25) is 0 Å². The smallest absolute Gasteiger partial charge is 0.342 e. The van der Waals surface area contributed by atoms with Crippen molar-refractivity contribution in [2.75, 3.05) is 0 Å². The van der Waals surface area contributed by atoms with Crippen LogP contribution in [-0.4, -0.2) is 17.2 Å². The lowest BCUT2D eigenvalue weighted by Crippen LogP contribution is -2.15. The van der Waals surface area contributed by atoms with E-state index in [1.165, 1.54) is 18.9 Å². The fourth-order valence-corrected chi connectivity index (χ4v) is 1.72. The Bertz CT molecular complexity index is 357. The van der Waals surface area contributed by atoms with Crippen LogP contribution in [0.3, 0.4) is 0 Å². The number of ether oxygens (including phenoxy) is 1. The number of hydrogen-bond donors (Lipinski definition) is 1. The number of cyclic esters (lactones) is 1. The Morgan fingerprint density at radius 2 is 2.25 bits per heavy atom. The van der Waals surface area contributed by atoms with Gasteiger partial charge in [0.15, 0.2) is 0 Å². The van der Waals surface area contributed by atoms with Crippen LogP contribution in [0, 0.1) is 0 Å². The Labute approximate surface area is 99.6 Å². The maximum absolute atomic E-state index is 11.4. The zero-order valence-corrected chi connectivity index (χ0v) is 9.66. The maximum atomic E-state index is 11.4. The molecule has 0 aromatic rings. The summed E-state index contributed by atoms with van der Waals surface area (Å²) >= 11 is 0. The summed E-state index contributed by atoms with van der Waals surface area (Å²) in [6.07, 6.45) is 6.37. The molecule has 0 aromatic heterocycles. The Balaban J connectivity index is 2.42. The number of unbranched alkanes of at least 4 members (excludes halogenated alkanes) is 4. The molecule has 90 valence electrons. The molecule has 0 fully saturated rings. The van der Waals surface area contributed by atoms with Crippen LogP contribution in [0.2, 0.25) is 0 Å². The lowest BCUT2D eigenvalue weighted by Gasteiger charge is -2.08. The fraction of sp³-hybridized carbons (Fsp3) is 0.615. The van der Waals surface area contributed by atoms with Crippen molar-refractivity contribution in [3.8, 4) is 0 Å². The first-order valence-electron chi connectivity index (χ1n) is 6.85. The van der Waals surface area contributed by atoms with Gasteiger partial charge < -0.3 is 9.84 Å². The highest BCUT2D eigenvalue weighted by Crippen LogP contribution is 2.21. The second kappa shape index (κ2) is 6.48. The molecule has 0 amide bonds. The molecule has 0 radical (unpaired) electrons. The van der Waals surface area contributed by atoms with Gasteiger partial charge in [0.1, 0.15) is 5.76 Å². The molecule has 1 rings (SSSR count). The normalized spacial score (nSPS) is 18.8. The number of allylic oxidation sites excluding steroid dienone is 1. The summed E-state index contributed by atoms with van der Waals surface area (Å²) in [6.45, 7) is 1.59. The summed E-state index contributed by atoms with van der Waals surface area (Å²) in [4.78, 5) is 11.4. The highest BCUT2D eigenvalue weighted by molar-refractivity contribution is 5.93. The van der Waals surface area contributed by atoms with Crippen LogP contribution in [0.15, 0.2) is 23.9 Å². The standard InChI is InChI=1S/C13H20O3/c1-3-4-5-6-7-8-12(14)11-9-10(2)16-13(11)15/h9,12,14H,2-8H2,1H3/t12-/m1/s1/i2D2. The fourth-order valence-electron chi connectivity index (χ4n) is 1.72. The number of esters is 1. The Morgan fingerprint density at radius 3 is 2.88 bits per heavy atom. The minimum Gasteiger partial charge on any atom is -0.424 e. The number of carbonyl (C=O) groups excluding carboxylic acids is 1. The summed E-state index contributed by atoms with van der Waals surface area (Å²) in [7, 11) is 0. The molecule has 0 saturated heterocycles. The van der Waals surface area contributed by atoms with Crippen LogP contribution >= 0.6 is 0 Å². The number of aliphatic hydroxyl groups excluding tert-OH is 1. The van der Waals surface area contributed by atoms with Crippen molar-refractivity contribution in [3.63, 3.8) is 0 Å². The predicted molar refractivity (Wildman–Crippen MR) is 62.7 cm³/mol. The molecule has 1 N–H and O–H groups in total. The number of rotatable bonds is 7. The molecule has 0 aromatic carbocycles. The van der Waals surface area contributed by atoms with E-state index in [9.17, 15) is 9.90 Å². The largest absolute Gasteiger partial charge is 0.424 e. The van der Waals surface area contributed by atoms with Gasteiger partial charge in [-0.3, -0.25) is 0 Å². The van der Waals surface area contributed by atoms with E-state index in [0.717, 1.165) is 19.3 Å². The first-order valence-corrected chi connectivity index (χ1v) is 5.85. The Morgan fingerprint density at radius 1 is 1.50 bits per heavy atom. The topological polar surface area (TPSA) is 46.5 Å². The van der Waals surface area contributed by atoms with E-state index < -0.39 is 18.6 Å². The molecule has 0 bridgehead atoms. The van der Waals surface area contributed by atoms with E-state index >= 15 is 0 Å². The summed E-state index contributed by atoms with van der Waals surface area (Å²) in [5, 5.41) is 9.86. The van der Waals surface area contributed by atoms with E-state index in [2.05, 4.69) is 6.92 Å². The van der Waals surface area contributed by atoms with Gasteiger partial charge in [-0.25, -0.2) is 4.79 Å². The summed E-state index contributed by atoms with van der Waals surface area (Å²) in [5.74, 6) is -0.719. The summed E-state index contributed by atoms with van der Waals surface area (Å²) in [6, 6.07) is 0. The van der Waals surface area contributed by atoms with Crippen LogP contribution in [0.5, 0.6) is 0 Å². The quantitative estimate of drug-likeness (QED) is 0.536. The second-order valence-corrected chi connectivity index (χ2v) is 4.07. The van der Waals surface area contributed by atoms with Crippen LogP contribution in [0.25, 0.3) is 0 Å². The van der Waals surface area contributed by atoms with E-state index in [0.29, 0.717) is 6.42 Å². The van der Waals surface area contributed by atoms with Gasteiger partial charge in [-0.05, 0) is 12.5 Å². The van der Waals surface area contributed by atoms with Crippen LogP contribution < -0.4 is 0 Å². The van der Waals surface area contributed by atoms with Crippen molar-refractivity contribution in [1.82, 2.24) is 0 Å². The molecule has 0 unspecified atom stereocenters. The van der Waals surface area contributed by atoms with Crippen molar-refractivity contribution in [2.45, 2.75) is 51.6 Å². The van der Waals surface area contributed by atoms with Gasteiger partial charge in [0.05, 0.1) is 14.4 Å². The van der Waals surface area contributed by atoms with E-state index in [1.54, 1.807) is 0 Å². The zero-order valence-electron chi connectivity index (χ0n) is 11.7. The third kappa shape index (κ3) is 3.81. The van der Waals surface area contributed by atoms with E-state index in [-0.39, 0.29) is 11.3 Å². The molecule has 16 heavy (non-hydrogen) atoms. The van der Waals surface area contributed by atoms with Crippen molar-refractivity contribution in [2.24, 2.45) is 0 Å². The monoisotopic (exact) mass is 226 g/mol. The molecular formula is C13H20O3. The lowest BCUT2D eigenvalue weighted by molar-refractivity contribution is -0.134. The lowest BCUT2D eigenvalue weighted by atomic mass is 10.0. The first-order chi connectivity index (χ1) is 8.56. The molecular weight excluding hydrogens is 204 g/mol. The van der Waals surface area contributed by atoms with Crippen molar-refractivity contribution >= 4 is 5.97 Å². The zero-order chi connectivity index (χ0) is 13.5. The van der Waals surface area contributed by atoms with Gasteiger partial charge in [0.25, 0.3) is 0 Å². The number of aliphatic hydroxyl groups is 1. The van der Waals surface area contributed by atoms with Crippen molar-refractivity contribution in [3.05, 3.63) is 23.9 Å².